The maximum atomic E-state index is 13.6. The SMILES string of the molecule is O=C(Cc1ccccc1)c1c(F)cc(Br)cc1F. The van der Waals surface area contributed by atoms with Crippen LogP contribution in [-0.2, 0) is 6.42 Å². The lowest BCUT2D eigenvalue weighted by Crippen LogP contribution is -2.09. The van der Waals surface area contributed by atoms with Crippen LogP contribution >= 0.6 is 15.9 Å². The number of hydrogen-bond donors (Lipinski definition) is 0. The average Bonchev–Trinajstić information content (AvgIpc) is 2.28. The lowest BCUT2D eigenvalue weighted by atomic mass is 10.0. The molecule has 0 aliphatic heterocycles. The Morgan fingerprint density at radius 1 is 1.06 bits per heavy atom. The highest BCUT2D eigenvalue weighted by Crippen LogP contribution is 2.21. The first kappa shape index (κ1) is 12.9. The Labute approximate surface area is 112 Å². The van der Waals surface area contributed by atoms with E-state index in [0.717, 1.165) is 17.7 Å². The summed E-state index contributed by atoms with van der Waals surface area (Å²) < 4.78 is 27.4. The van der Waals surface area contributed by atoms with Crippen molar-refractivity contribution in [1.29, 1.82) is 0 Å². The molecule has 0 radical (unpaired) electrons. The van der Waals surface area contributed by atoms with E-state index < -0.39 is 23.0 Å². The largest absolute Gasteiger partial charge is 0.294 e. The van der Waals surface area contributed by atoms with Gasteiger partial charge in [0, 0.05) is 10.9 Å². The number of halogens is 3. The van der Waals surface area contributed by atoms with Gasteiger partial charge in [0.15, 0.2) is 5.78 Å². The molecule has 0 heterocycles. The fraction of sp³-hybridized carbons (Fsp3) is 0.0714. The molecule has 0 aromatic heterocycles. The third-order valence-electron chi connectivity index (χ3n) is 2.49. The highest BCUT2D eigenvalue weighted by atomic mass is 79.9. The Hall–Kier alpha value is -1.55. The zero-order chi connectivity index (χ0) is 13.1. The van der Waals surface area contributed by atoms with Crippen molar-refractivity contribution in [3.63, 3.8) is 0 Å². The standard InChI is InChI=1S/C14H9BrF2O/c15-10-7-11(16)14(12(17)8-10)13(18)6-9-4-2-1-3-5-9/h1-5,7-8H,6H2. The molecule has 0 saturated heterocycles. The van der Waals surface area contributed by atoms with Crippen LogP contribution in [0.15, 0.2) is 46.9 Å². The van der Waals surface area contributed by atoms with Crippen LogP contribution < -0.4 is 0 Å². The van der Waals surface area contributed by atoms with Gasteiger partial charge in [0.05, 0.1) is 5.56 Å². The van der Waals surface area contributed by atoms with Crippen LogP contribution in [0, 0.1) is 11.6 Å². The zero-order valence-electron chi connectivity index (χ0n) is 9.29. The summed E-state index contributed by atoms with van der Waals surface area (Å²) in [5, 5.41) is 0. The Morgan fingerprint density at radius 2 is 1.61 bits per heavy atom. The normalized spacial score (nSPS) is 10.4. The number of rotatable bonds is 3. The molecule has 0 saturated carbocycles. The highest BCUT2D eigenvalue weighted by Gasteiger charge is 2.18. The maximum Gasteiger partial charge on any atom is 0.173 e. The van der Waals surface area contributed by atoms with Crippen LogP contribution in [0.25, 0.3) is 0 Å². The summed E-state index contributed by atoms with van der Waals surface area (Å²) >= 11 is 2.97. The monoisotopic (exact) mass is 310 g/mol. The molecule has 0 spiro atoms. The second kappa shape index (κ2) is 5.40. The van der Waals surface area contributed by atoms with E-state index in [2.05, 4.69) is 15.9 Å². The molecule has 2 rings (SSSR count). The van der Waals surface area contributed by atoms with Gasteiger partial charge in [-0.3, -0.25) is 4.79 Å². The number of hydrogen-bond acceptors (Lipinski definition) is 1. The molecule has 0 amide bonds. The van der Waals surface area contributed by atoms with Gasteiger partial charge >= 0.3 is 0 Å². The predicted molar refractivity (Wildman–Crippen MR) is 68.5 cm³/mol. The summed E-state index contributed by atoms with van der Waals surface area (Å²) in [5.41, 5.74) is 0.242. The molecule has 2 aromatic rings. The van der Waals surface area contributed by atoms with Crippen LogP contribution in [-0.4, -0.2) is 5.78 Å². The van der Waals surface area contributed by atoms with Crippen molar-refractivity contribution < 1.29 is 13.6 Å². The third-order valence-corrected chi connectivity index (χ3v) is 2.95. The molecular weight excluding hydrogens is 302 g/mol. The molecule has 0 atom stereocenters. The Morgan fingerprint density at radius 3 is 2.17 bits per heavy atom. The number of carbonyl (C=O) groups is 1. The van der Waals surface area contributed by atoms with Gasteiger partial charge < -0.3 is 0 Å². The summed E-state index contributed by atoms with van der Waals surface area (Å²) in [6.45, 7) is 0. The van der Waals surface area contributed by atoms with Gasteiger partial charge in [0.1, 0.15) is 11.6 Å². The Balaban J connectivity index is 2.30. The first-order valence-corrected chi connectivity index (χ1v) is 6.09. The summed E-state index contributed by atoms with van der Waals surface area (Å²) in [7, 11) is 0. The van der Waals surface area contributed by atoms with Crippen molar-refractivity contribution in [3.05, 3.63) is 69.7 Å². The molecule has 2 aromatic carbocycles. The number of Topliss-reactive ketones (excluding diaryl/α,β-unsaturated/α-hetero) is 1. The fourth-order valence-electron chi connectivity index (χ4n) is 1.68. The quantitative estimate of drug-likeness (QED) is 0.778. The maximum absolute atomic E-state index is 13.6. The number of ketones is 1. The minimum atomic E-state index is -0.845. The summed E-state index contributed by atoms with van der Waals surface area (Å²) in [4.78, 5) is 11.9. The lowest BCUT2D eigenvalue weighted by Gasteiger charge is -2.05. The van der Waals surface area contributed by atoms with Gasteiger partial charge in [-0.15, -0.1) is 0 Å². The van der Waals surface area contributed by atoms with Gasteiger partial charge in [-0.2, -0.15) is 0 Å². The first-order valence-electron chi connectivity index (χ1n) is 5.29. The smallest absolute Gasteiger partial charge is 0.173 e. The molecule has 0 fully saturated rings. The lowest BCUT2D eigenvalue weighted by molar-refractivity contribution is 0.0985. The molecule has 18 heavy (non-hydrogen) atoms. The van der Waals surface area contributed by atoms with E-state index >= 15 is 0 Å². The van der Waals surface area contributed by atoms with E-state index in [9.17, 15) is 13.6 Å². The molecule has 0 N–H and O–H groups in total. The second-order valence-electron chi connectivity index (χ2n) is 3.83. The van der Waals surface area contributed by atoms with Gasteiger partial charge in [0.2, 0.25) is 0 Å². The third kappa shape index (κ3) is 2.82. The van der Waals surface area contributed by atoms with E-state index in [1.165, 1.54) is 0 Å². The molecule has 0 aliphatic rings. The molecule has 4 heteroatoms. The number of benzene rings is 2. The van der Waals surface area contributed by atoms with Gasteiger partial charge in [-0.05, 0) is 17.7 Å². The molecule has 92 valence electrons. The molecule has 0 aliphatic carbocycles. The molecule has 1 nitrogen and oxygen atoms in total. The number of carbonyl (C=O) groups excluding carboxylic acids is 1. The van der Waals surface area contributed by atoms with Crippen molar-refractivity contribution in [1.82, 2.24) is 0 Å². The van der Waals surface area contributed by atoms with Crippen molar-refractivity contribution in [2.45, 2.75) is 6.42 Å². The minimum absolute atomic E-state index is 0.0175. The zero-order valence-corrected chi connectivity index (χ0v) is 10.9. The van der Waals surface area contributed by atoms with Crippen molar-refractivity contribution in [3.8, 4) is 0 Å². The van der Waals surface area contributed by atoms with Crippen LogP contribution in [0.1, 0.15) is 15.9 Å². The predicted octanol–water partition coefficient (Wildman–Crippen LogP) is 4.15. The van der Waals surface area contributed by atoms with Crippen molar-refractivity contribution >= 4 is 21.7 Å². The van der Waals surface area contributed by atoms with Crippen LogP contribution in [0.3, 0.4) is 0 Å². The Bertz CT molecular complexity index is 559. The van der Waals surface area contributed by atoms with Crippen LogP contribution in [0.5, 0.6) is 0 Å². The summed E-state index contributed by atoms with van der Waals surface area (Å²) in [6.07, 6.45) is -0.0175. The average molecular weight is 311 g/mol. The van der Waals surface area contributed by atoms with Crippen molar-refractivity contribution in [2.75, 3.05) is 0 Å². The first-order chi connectivity index (χ1) is 8.58. The van der Waals surface area contributed by atoms with Gasteiger partial charge in [-0.25, -0.2) is 8.78 Å². The van der Waals surface area contributed by atoms with E-state index in [-0.39, 0.29) is 10.9 Å². The van der Waals surface area contributed by atoms with Gasteiger partial charge in [0.25, 0.3) is 0 Å². The summed E-state index contributed by atoms with van der Waals surface area (Å²) in [5.74, 6) is -2.26. The van der Waals surface area contributed by atoms with E-state index in [1.54, 1.807) is 24.3 Å². The fourth-order valence-corrected chi connectivity index (χ4v) is 2.08. The molecule has 0 unspecified atom stereocenters. The van der Waals surface area contributed by atoms with E-state index in [4.69, 9.17) is 0 Å². The van der Waals surface area contributed by atoms with Crippen LogP contribution in [0.4, 0.5) is 8.78 Å². The Kier molecular flexibility index (Phi) is 3.87. The van der Waals surface area contributed by atoms with E-state index in [1.807, 2.05) is 6.07 Å². The minimum Gasteiger partial charge on any atom is -0.294 e. The highest BCUT2D eigenvalue weighted by molar-refractivity contribution is 9.10. The summed E-state index contributed by atoms with van der Waals surface area (Å²) in [6, 6.07) is 11.0. The van der Waals surface area contributed by atoms with E-state index in [0.29, 0.717) is 0 Å². The van der Waals surface area contributed by atoms with Crippen molar-refractivity contribution in [2.24, 2.45) is 0 Å². The molecular formula is C14H9BrF2O. The van der Waals surface area contributed by atoms with Crippen LogP contribution in [0.2, 0.25) is 0 Å². The second-order valence-corrected chi connectivity index (χ2v) is 4.75. The molecule has 0 bridgehead atoms. The topological polar surface area (TPSA) is 17.1 Å². The van der Waals surface area contributed by atoms with Gasteiger partial charge in [-0.1, -0.05) is 46.3 Å².